The number of nitrogens with one attached hydrogen (secondary N) is 1. The number of rotatable bonds is 4. The van der Waals surface area contributed by atoms with E-state index in [1.165, 1.54) is 13.2 Å². The van der Waals surface area contributed by atoms with E-state index in [2.05, 4.69) is 27.2 Å². The molecule has 0 unspecified atom stereocenters. The molecule has 1 aliphatic rings. The lowest BCUT2D eigenvalue weighted by atomic mass is 10.0. The summed E-state index contributed by atoms with van der Waals surface area (Å²) in [5.41, 5.74) is 1.94. The summed E-state index contributed by atoms with van der Waals surface area (Å²) in [5.74, 6) is 0.771. The van der Waals surface area contributed by atoms with Crippen molar-refractivity contribution < 1.29 is 9.13 Å². The summed E-state index contributed by atoms with van der Waals surface area (Å²) in [6.07, 6.45) is 3.84. The molecule has 128 valence electrons. The van der Waals surface area contributed by atoms with Crippen LogP contribution in [0.5, 0.6) is 5.75 Å². The van der Waals surface area contributed by atoms with Gasteiger partial charge in [0.2, 0.25) is 5.95 Å². The van der Waals surface area contributed by atoms with Crippen LogP contribution in [0.2, 0.25) is 0 Å². The molecule has 1 aromatic heterocycles. The van der Waals surface area contributed by atoms with Crippen LogP contribution in [0.3, 0.4) is 0 Å². The molecule has 2 aromatic rings. The molecular formula is C18H23FN4O. The molecule has 1 saturated heterocycles. The molecule has 0 bridgehead atoms. The zero-order chi connectivity index (χ0) is 17.1. The summed E-state index contributed by atoms with van der Waals surface area (Å²) in [6, 6.07) is 5.20. The van der Waals surface area contributed by atoms with E-state index in [0.29, 0.717) is 28.9 Å². The van der Waals surface area contributed by atoms with Gasteiger partial charge in [0.15, 0.2) is 0 Å². The van der Waals surface area contributed by atoms with Crippen molar-refractivity contribution in [3.05, 3.63) is 35.9 Å². The molecule has 1 aromatic carbocycles. The van der Waals surface area contributed by atoms with Crippen LogP contribution in [0.1, 0.15) is 18.5 Å². The largest absolute Gasteiger partial charge is 0.497 e. The zero-order valence-corrected chi connectivity index (χ0v) is 14.3. The van der Waals surface area contributed by atoms with Crippen LogP contribution >= 0.6 is 0 Å². The van der Waals surface area contributed by atoms with Crippen LogP contribution in [0.4, 0.5) is 10.3 Å². The minimum atomic E-state index is -0.336. The number of hydrogen-bond donors (Lipinski definition) is 1. The second-order valence-electron chi connectivity index (χ2n) is 6.26. The van der Waals surface area contributed by atoms with Gasteiger partial charge in [0.1, 0.15) is 11.6 Å². The highest BCUT2D eigenvalue weighted by molar-refractivity contribution is 5.67. The Morgan fingerprint density at radius 2 is 2.00 bits per heavy atom. The maximum Gasteiger partial charge on any atom is 0.223 e. The van der Waals surface area contributed by atoms with Crippen LogP contribution in [-0.4, -0.2) is 48.2 Å². The van der Waals surface area contributed by atoms with Crippen molar-refractivity contribution in [2.75, 3.05) is 32.6 Å². The van der Waals surface area contributed by atoms with Crippen molar-refractivity contribution in [1.29, 1.82) is 0 Å². The van der Waals surface area contributed by atoms with E-state index in [9.17, 15) is 4.39 Å². The number of methoxy groups -OCH3 is 1. The van der Waals surface area contributed by atoms with E-state index < -0.39 is 0 Å². The van der Waals surface area contributed by atoms with Gasteiger partial charge in [-0.05, 0) is 52.0 Å². The number of piperidine rings is 1. The molecule has 24 heavy (non-hydrogen) atoms. The Balaban J connectivity index is 1.77. The Morgan fingerprint density at radius 1 is 1.25 bits per heavy atom. The third kappa shape index (κ3) is 3.64. The van der Waals surface area contributed by atoms with Gasteiger partial charge in [-0.25, -0.2) is 14.4 Å². The minimum Gasteiger partial charge on any atom is -0.497 e. The normalized spacial score (nSPS) is 16.2. The lowest BCUT2D eigenvalue weighted by molar-refractivity contribution is 0.263. The number of ether oxygens (including phenoxy) is 1. The molecular weight excluding hydrogens is 307 g/mol. The first-order valence-electron chi connectivity index (χ1n) is 8.19. The van der Waals surface area contributed by atoms with E-state index in [1.54, 1.807) is 18.3 Å². The van der Waals surface area contributed by atoms with Crippen molar-refractivity contribution in [1.82, 2.24) is 14.9 Å². The monoisotopic (exact) mass is 330 g/mol. The number of nitrogens with zero attached hydrogens (tertiary/aromatic N) is 3. The van der Waals surface area contributed by atoms with Gasteiger partial charge < -0.3 is 15.0 Å². The Hall–Kier alpha value is -2.21. The maximum absolute atomic E-state index is 14.3. The van der Waals surface area contributed by atoms with E-state index in [4.69, 9.17) is 4.74 Å². The van der Waals surface area contributed by atoms with E-state index in [0.717, 1.165) is 31.6 Å². The standard InChI is InChI=1S/C18H23FN4O/c1-12-16(15-5-4-14(24-3)10-17(15)19)11-20-18(21-12)22-13-6-8-23(2)9-7-13/h4-5,10-11,13H,6-9H2,1-3H3,(H,20,21,22). The summed E-state index contributed by atoms with van der Waals surface area (Å²) in [4.78, 5) is 11.2. The molecule has 0 amide bonds. The maximum atomic E-state index is 14.3. The van der Waals surface area contributed by atoms with Crippen molar-refractivity contribution in [3.63, 3.8) is 0 Å². The van der Waals surface area contributed by atoms with E-state index >= 15 is 0 Å². The van der Waals surface area contributed by atoms with Crippen LogP contribution in [0.15, 0.2) is 24.4 Å². The summed E-state index contributed by atoms with van der Waals surface area (Å²) < 4.78 is 19.3. The molecule has 1 fully saturated rings. The summed E-state index contributed by atoms with van der Waals surface area (Å²) in [5, 5.41) is 3.39. The van der Waals surface area contributed by atoms with Crippen molar-refractivity contribution in [2.45, 2.75) is 25.8 Å². The first-order valence-corrected chi connectivity index (χ1v) is 8.19. The zero-order valence-electron chi connectivity index (χ0n) is 14.3. The van der Waals surface area contributed by atoms with Gasteiger partial charge in [0.25, 0.3) is 0 Å². The lowest BCUT2D eigenvalue weighted by Gasteiger charge is -2.29. The van der Waals surface area contributed by atoms with Gasteiger partial charge in [-0.2, -0.15) is 0 Å². The molecule has 1 N–H and O–H groups in total. The number of hydrogen-bond acceptors (Lipinski definition) is 5. The molecule has 2 heterocycles. The van der Waals surface area contributed by atoms with Crippen LogP contribution in [0, 0.1) is 12.7 Å². The van der Waals surface area contributed by atoms with Crippen molar-refractivity contribution >= 4 is 5.95 Å². The molecule has 0 spiro atoms. The van der Waals surface area contributed by atoms with E-state index in [-0.39, 0.29) is 5.82 Å². The predicted molar refractivity (Wildman–Crippen MR) is 92.9 cm³/mol. The molecule has 1 aliphatic heterocycles. The number of halogens is 1. The molecule has 0 aliphatic carbocycles. The van der Waals surface area contributed by atoms with Gasteiger partial charge in [-0.15, -0.1) is 0 Å². The Labute approximate surface area is 141 Å². The topological polar surface area (TPSA) is 50.3 Å². The first-order chi connectivity index (χ1) is 11.6. The van der Waals surface area contributed by atoms with Crippen molar-refractivity contribution in [2.24, 2.45) is 0 Å². The van der Waals surface area contributed by atoms with Crippen LogP contribution in [0.25, 0.3) is 11.1 Å². The third-order valence-electron chi connectivity index (χ3n) is 4.50. The average molecular weight is 330 g/mol. The Morgan fingerprint density at radius 3 is 2.62 bits per heavy atom. The predicted octanol–water partition coefficient (Wildman–Crippen LogP) is 3.11. The summed E-state index contributed by atoms with van der Waals surface area (Å²) in [7, 11) is 3.65. The molecule has 0 atom stereocenters. The number of aromatic nitrogens is 2. The molecule has 6 heteroatoms. The van der Waals surface area contributed by atoms with Crippen molar-refractivity contribution in [3.8, 4) is 16.9 Å². The highest BCUT2D eigenvalue weighted by atomic mass is 19.1. The van der Waals surface area contributed by atoms with Gasteiger partial charge in [-0.3, -0.25) is 0 Å². The number of benzene rings is 1. The number of aryl methyl sites for hydroxylation is 1. The minimum absolute atomic E-state index is 0.336. The fourth-order valence-corrected chi connectivity index (χ4v) is 2.98. The molecule has 0 saturated carbocycles. The fourth-order valence-electron chi connectivity index (χ4n) is 2.98. The first kappa shape index (κ1) is 16.6. The summed E-state index contributed by atoms with van der Waals surface area (Å²) in [6.45, 7) is 4.03. The van der Waals surface area contributed by atoms with Gasteiger partial charge in [0, 0.05) is 29.4 Å². The van der Waals surface area contributed by atoms with Gasteiger partial charge >= 0.3 is 0 Å². The van der Waals surface area contributed by atoms with E-state index in [1.807, 2.05) is 6.92 Å². The lowest BCUT2D eigenvalue weighted by Crippen LogP contribution is -2.37. The van der Waals surface area contributed by atoms with Crippen LogP contribution < -0.4 is 10.1 Å². The Bertz CT molecular complexity index is 714. The second kappa shape index (κ2) is 7.13. The third-order valence-corrected chi connectivity index (χ3v) is 4.50. The number of likely N-dealkylation sites (tertiary alicyclic amines) is 1. The SMILES string of the molecule is COc1ccc(-c2cnc(NC3CCN(C)CC3)nc2C)c(F)c1. The molecule has 5 nitrogen and oxygen atoms in total. The van der Waals surface area contributed by atoms with Gasteiger partial charge in [-0.1, -0.05) is 0 Å². The molecule has 3 rings (SSSR count). The fraction of sp³-hybridized carbons (Fsp3) is 0.444. The molecule has 0 radical (unpaired) electrons. The highest BCUT2D eigenvalue weighted by Crippen LogP contribution is 2.28. The highest BCUT2D eigenvalue weighted by Gasteiger charge is 2.18. The number of anilines is 1. The second-order valence-corrected chi connectivity index (χ2v) is 6.26. The van der Waals surface area contributed by atoms with Crippen LogP contribution in [-0.2, 0) is 0 Å². The Kier molecular flexibility index (Phi) is 4.94. The average Bonchev–Trinajstić information content (AvgIpc) is 2.57. The summed E-state index contributed by atoms with van der Waals surface area (Å²) >= 11 is 0. The smallest absolute Gasteiger partial charge is 0.223 e. The quantitative estimate of drug-likeness (QED) is 0.933. The van der Waals surface area contributed by atoms with Gasteiger partial charge in [0.05, 0.1) is 12.8 Å².